The van der Waals surface area contributed by atoms with Crippen molar-refractivity contribution in [3.63, 3.8) is 0 Å². The summed E-state index contributed by atoms with van der Waals surface area (Å²) in [5.41, 5.74) is 9.03. The molecule has 1 saturated carbocycles. The van der Waals surface area contributed by atoms with E-state index in [-0.39, 0.29) is 6.04 Å². The third kappa shape index (κ3) is 2.90. The van der Waals surface area contributed by atoms with Gasteiger partial charge in [-0.05, 0) is 41.3 Å². The second-order valence-corrected chi connectivity index (χ2v) is 6.47. The maximum atomic E-state index is 6.30. The molecule has 1 fully saturated rings. The summed E-state index contributed by atoms with van der Waals surface area (Å²) in [6.45, 7) is 0. The van der Waals surface area contributed by atoms with Crippen LogP contribution in [0.15, 0.2) is 41.8 Å². The Bertz CT molecular complexity index is 495. The summed E-state index contributed by atoms with van der Waals surface area (Å²) >= 11 is 1.73. The van der Waals surface area contributed by atoms with Crippen molar-refractivity contribution in [1.82, 2.24) is 0 Å². The van der Waals surface area contributed by atoms with Crippen LogP contribution >= 0.6 is 11.3 Å². The van der Waals surface area contributed by atoms with Gasteiger partial charge in [-0.1, -0.05) is 49.6 Å². The molecule has 1 aromatic carbocycles. The van der Waals surface area contributed by atoms with Crippen LogP contribution in [0, 0.1) is 0 Å². The van der Waals surface area contributed by atoms with Crippen molar-refractivity contribution < 1.29 is 0 Å². The van der Waals surface area contributed by atoms with E-state index in [1.165, 1.54) is 48.1 Å². The lowest BCUT2D eigenvalue weighted by Gasteiger charge is -2.22. The van der Waals surface area contributed by atoms with E-state index < -0.39 is 0 Å². The largest absolute Gasteiger partial charge is 0.320 e. The highest BCUT2D eigenvalue weighted by atomic mass is 32.1. The normalized spacial score (nSPS) is 18.4. The number of hydrogen-bond acceptors (Lipinski definition) is 2. The highest BCUT2D eigenvalue weighted by Gasteiger charge is 2.16. The van der Waals surface area contributed by atoms with Gasteiger partial charge in [-0.2, -0.15) is 0 Å². The minimum Gasteiger partial charge on any atom is -0.320 e. The minimum absolute atomic E-state index is 0.0282. The van der Waals surface area contributed by atoms with Crippen molar-refractivity contribution in [1.29, 1.82) is 0 Å². The zero-order valence-electron chi connectivity index (χ0n) is 11.2. The molecule has 3 rings (SSSR count). The summed E-state index contributed by atoms with van der Waals surface area (Å²) in [4.78, 5) is 1.24. The second-order valence-electron chi connectivity index (χ2n) is 5.49. The molecule has 1 aromatic heterocycles. The smallest absolute Gasteiger partial charge is 0.0645 e. The Morgan fingerprint density at radius 3 is 2.37 bits per heavy atom. The van der Waals surface area contributed by atoms with E-state index in [4.69, 9.17) is 5.73 Å². The fraction of sp³-hybridized carbons (Fsp3) is 0.412. The molecule has 0 saturated heterocycles. The monoisotopic (exact) mass is 271 g/mol. The maximum Gasteiger partial charge on any atom is 0.0645 e. The van der Waals surface area contributed by atoms with Gasteiger partial charge in [0.05, 0.1) is 6.04 Å². The molecule has 1 aliphatic carbocycles. The predicted molar refractivity (Wildman–Crippen MR) is 82.6 cm³/mol. The Balaban J connectivity index is 1.75. The fourth-order valence-electron chi connectivity index (χ4n) is 3.04. The van der Waals surface area contributed by atoms with Gasteiger partial charge in [-0.25, -0.2) is 0 Å². The molecule has 0 aliphatic heterocycles. The van der Waals surface area contributed by atoms with E-state index in [0.717, 1.165) is 5.92 Å². The molecule has 2 heteroatoms. The van der Waals surface area contributed by atoms with E-state index >= 15 is 0 Å². The van der Waals surface area contributed by atoms with Crippen LogP contribution in [0.2, 0.25) is 0 Å². The Kier molecular flexibility index (Phi) is 4.00. The Hall–Kier alpha value is -1.12. The third-order valence-corrected chi connectivity index (χ3v) is 5.18. The van der Waals surface area contributed by atoms with E-state index in [1.54, 1.807) is 11.3 Å². The standard InChI is InChI=1S/C17H21NS/c18-17(16-7-4-12-19-16)15-10-8-14(9-11-15)13-5-2-1-3-6-13/h4,7-13,17H,1-3,5-6,18H2. The van der Waals surface area contributed by atoms with Crippen molar-refractivity contribution in [2.24, 2.45) is 5.73 Å². The Labute approximate surface area is 119 Å². The Morgan fingerprint density at radius 2 is 1.74 bits per heavy atom. The molecule has 1 atom stereocenters. The van der Waals surface area contributed by atoms with E-state index in [9.17, 15) is 0 Å². The average molecular weight is 271 g/mol. The minimum atomic E-state index is 0.0282. The maximum absolute atomic E-state index is 6.30. The molecule has 0 bridgehead atoms. The average Bonchev–Trinajstić information content (AvgIpc) is 3.02. The number of nitrogens with two attached hydrogens (primary N) is 1. The van der Waals surface area contributed by atoms with Gasteiger partial charge in [0.25, 0.3) is 0 Å². The van der Waals surface area contributed by atoms with Crippen LogP contribution in [-0.4, -0.2) is 0 Å². The van der Waals surface area contributed by atoms with E-state index in [2.05, 4.69) is 41.8 Å². The molecular formula is C17H21NS. The van der Waals surface area contributed by atoms with Crippen LogP contribution in [0.5, 0.6) is 0 Å². The lowest BCUT2D eigenvalue weighted by Crippen LogP contribution is -2.10. The van der Waals surface area contributed by atoms with Crippen LogP contribution in [-0.2, 0) is 0 Å². The summed E-state index contributed by atoms with van der Waals surface area (Å²) in [6, 6.07) is 13.2. The first-order valence-electron chi connectivity index (χ1n) is 7.23. The fourth-order valence-corrected chi connectivity index (χ4v) is 3.80. The second kappa shape index (κ2) is 5.89. The van der Waals surface area contributed by atoms with Crippen LogP contribution < -0.4 is 5.73 Å². The molecular weight excluding hydrogens is 250 g/mol. The van der Waals surface area contributed by atoms with Gasteiger partial charge in [-0.15, -0.1) is 11.3 Å². The molecule has 0 amide bonds. The quantitative estimate of drug-likeness (QED) is 0.849. The van der Waals surface area contributed by atoms with Crippen molar-refractivity contribution in [2.75, 3.05) is 0 Å². The topological polar surface area (TPSA) is 26.0 Å². The Morgan fingerprint density at radius 1 is 1.00 bits per heavy atom. The van der Waals surface area contributed by atoms with Gasteiger partial charge in [0, 0.05) is 4.88 Å². The molecule has 2 aromatic rings. The highest BCUT2D eigenvalue weighted by molar-refractivity contribution is 7.10. The summed E-state index contributed by atoms with van der Waals surface area (Å²) in [5, 5.41) is 2.09. The molecule has 100 valence electrons. The molecule has 1 aliphatic rings. The predicted octanol–water partition coefficient (Wildman–Crippen LogP) is 4.84. The SMILES string of the molecule is NC(c1ccc(C2CCCCC2)cc1)c1cccs1. The molecule has 1 heterocycles. The molecule has 0 spiro atoms. The molecule has 0 radical (unpaired) electrons. The van der Waals surface area contributed by atoms with Crippen LogP contribution in [0.25, 0.3) is 0 Å². The number of rotatable bonds is 3. The van der Waals surface area contributed by atoms with Gasteiger partial charge in [0.1, 0.15) is 0 Å². The first-order chi connectivity index (χ1) is 9.34. The van der Waals surface area contributed by atoms with Crippen molar-refractivity contribution in [3.05, 3.63) is 57.8 Å². The van der Waals surface area contributed by atoms with Crippen LogP contribution in [0.1, 0.15) is 60.1 Å². The summed E-state index contributed by atoms with van der Waals surface area (Å²) in [5.74, 6) is 0.778. The first kappa shape index (κ1) is 12.9. The van der Waals surface area contributed by atoms with Gasteiger partial charge in [0.2, 0.25) is 0 Å². The van der Waals surface area contributed by atoms with Crippen molar-refractivity contribution in [2.45, 2.75) is 44.1 Å². The molecule has 1 nitrogen and oxygen atoms in total. The van der Waals surface area contributed by atoms with E-state index in [0.29, 0.717) is 0 Å². The molecule has 2 N–H and O–H groups in total. The van der Waals surface area contributed by atoms with Crippen molar-refractivity contribution in [3.8, 4) is 0 Å². The number of thiophene rings is 1. The van der Waals surface area contributed by atoms with Crippen LogP contribution in [0.3, 0.4) is 0 Å². The van der Waals surface area contributed by atoms with Gasteiger partial charge in [-0.3, -0.25) is 0 Å². The summed E-state index contributed by atoms with van der Waals surface area (Å²) < 4.78 is 0. The molecule has 1 unspecified atom stereocenters. The zero-order valence-corrected chi connectivity index (χ0v) is 12.0. The van der Waals surface area contributed by atoms with Crippen molar-refractivity contribution >= 4 is 11.3 Å². The highest BCUT2D eigenvalue weighted by Crippen LogP contribution is 2.33. The third-order valence-electron chi connectivity index (χ3n) is 4.22. The van der Waals surface area contributed by atoms with Gasteiger partial charge >= 0.3 is 0 Å². The van der Waals surface area contributed by atoms with E-state index in [1.807, 2.05) is 0 Å². The lowest BCUT2D eigenvalue weighted by atomic mass is 9.83. The first-order valence-corrected chi connectivity index (χ1v) is 8.11. The molecule has 19 heavy (non-hydrogen) atoms. The summed E-state index contributed by atoms with van der Waals surface area (Å²) in [6.07, 6.45) is 6.91. The van der Waals surface area contributed by atoms with Gasteiger partial charge < -0.3 is 5.73 Å². The lowest BCUT2D eigenvalue weighted by molar-refractivity contribution is 0.443. The van der Waals surface area contributed by atoms with Gasteiger partial charge in [0.15, 0.2) is 0 Å². The summed E-state index contributed by atoms with van der Waals surface area (Å²) in [7, 11) is 0. The zero-order chi connectivity index (χ0) is 13.1. The number of hydrogen-bond donors (Lipinski definition) is 1. The van der Waals surface area contributed by atoms with Crippen LogP contribution in [0.4, 0.5) is 0 Å². The number of benzene rings is 1.